The summed E-state index contributed by atoms with van der Waals surface area (Å²) in [7, 11) is 0. The Morgan fingerprint density at radius 1 is 1.00 bits per heavy atom. The Kier molecular flexibility index (Phi) is 7.62. The van der Waals surface area contributed by atoms with Gasteiger partial charge in [0, 0.05) is 35.9 Å². The number of carbonyl (C=O) groups is 2. The van der Waals surface area contributed by atoms with Crippen LogP contribution in [0.5, 0.6) is 0 Å². The molecule has 0 saturated carbocycles. The minimum Gasteiger partial charge on any atom is -0.348 e. The molecule has 3 aromatic rings. The molecular formula is C24H24ClN3O3. The summed E-state index contributed by atoms with van der Waals surface area (Å²) in [6, 6.07) is 17.5. The molecule has 7 heteroatoms. The van der Waals surface area contributed by atoms with E-state index in [-0.39, 0.29) is 23.9 Å². The number of anilines is 1. The summed E-state index contributed by atoms with van der Waals surface area (Å²) in [5.74, 6) is -0.302. The van der Waals surface area contributed by atoms with Gasteiger partial charge in [0.15, 0.2) is 0 Å². The number of aromatic nitrogens is 1. The molecule has 1 heterocycles. The largest absolute Gasteiger partial charge is 0.348 e. The summed E-state index contributed by atoms with van der Waals surface area (Å²) in [5, 5.41) is 6.25. The SMILES string of the molecule is CCCC(=O)Nc1ccc(CNC(=O)c2ccc(=O)n(Cc3ccccc3Cl)c2)cc1. The van der Waals surface area contributed by atoms with Crippen molar-refractivity contribution in [3.05, 3.63) is 98.9 Å². The van der Waals surface area contributed by atoms with E-state index < -0.39 is 0 Å². The molecule has 0 unspecified atom stereocenters. The summed E-state index contributed by atoms with van der Waals surface area (Å²) < 4.78 is 1.46. The highest BCUT2D eigenvalue weighted by molar-refractivity contribution is 6.31. The predicted octanol–water partition coefficient (Wildman–Crippen LogP) is 4.22. The first-order valence-electron chi connectivity index (χ1n) is 10.1. The molecule has 0 spiro atoms. The van der Waals surface area contributed by atoms with E-state index in [4.69, 9.17) is 11.6 Å². The van der Waals surface area contributed by atoms with Crippen molar-refractivity contribution in [2.75, 3.05) is 5.32 Å². The molecule has 3 rings (SSSR count). The normalized spacial score (nSPS) is 10.5. The predicted molar refractivity (Wildman–Crippen MR) is 122 cm³/mol. The lowest BCUT2D eigenvalue weighted by molar-refractivity contribution is -0.116. The molecule has 160 valence electrons. The van der Waals surface area contributed by atoms with Gasteiger partial charge < -0.3 is 15.2 Å². The molecule has 0 fully saturated rings. The van der Waals surface area contributed by atoms with Crippen LogP contribution in [0.4, 0.5) is 5.69 Å². The molecule has 6 nitrogen and oxygen atoms in total. The van der Waals surface area contributed by atoms with Crippen LogP contribution in [0, 0.1) is 0 Å². The lowest BCUT2D eigenvalue weighted by Crippen LogP contribution is -2.26. The molecule has 0 saturated heterocycles. The Morgan fingerprint density at radius 3 is 2.45 bits per heavy atom. The summed E-state index contributed by atoms with van der Waals surface area (Å²) >= 11 is 6.18. The van der Waals surface area contributed by atoms with Crippen LogP contribution in [0.25, 0.3) is 0 Å². The van der Waals surface area contributed by atoms with Gasteiger partial charge in [0.05, 0.1) is 12.1 Å². The molecule has 1 aromatic heterocycles. The Bertz CT molecular complexity index is 1120. The number of amides is 2. The van der Waals surface area contributed by atoms with Crippen LogP contribution in [0.2, 0.25) is 5.02 Å². The van der Waals surface area contributed by atoms with Crippen LogP contribution in [-0.4, -0.2) is 16.4 Å². The lowest BCUT2D eigenvalue weighted by Gasteiger charge is -2.11. The molecule has 0 aliphatic carbocycles. The van der Waals surface area contributed by atoms with Crippen molar-refractivity contribution in [2.45, 2.75) is 32.9 Å². The first-order chi connectivity index (χ1) is 15.0. The summed E-state index contributed by atoms with van der Waals surface area (Å²) in [6.07, 6.45) is 2.81. The lowest BCUT2D eigenvalue weighted by atomic mass is 10.2. The van der Waals surface area contributed by atoms with E-state index in [2.05, 4.69) is 10.6 Å². The van der Waals surface area contributed by atoms with Crippen LogP contribution in [0.1, 0.15) is 41.3 Å². The first-order valence-corrected chi connectivity index (χ1v) is 10.4. The summed E-state index contributed by atoms with van der Waals surface area (Å²) in [5.41, 5.74) is 2.59. The second kappa shape index (κ2) is 10.6. The van der Waals surface area contributed by atoms with Crippen molar-refractivity contribution in [1.29, 1.82) is 0 Å². The highest BCUT2D eigenvalue weighted by atomic mass is 35.5. The zero-order valence-electron chi connectivity index (χ0n) is 17.2. The minimum atomic E-state index is -0.284. The van der Waals surface area contributed by atoms with Crippen LogP contribution in [-0.2, 0) is 17.9 Å². The molecule has 0 aliphatic rings. The van der Waals surface area contributed by atoms with Crippen molar-refractivity contribution in [3.8, 4) is 0 Å². The number of rotatable bonds is 8. The molecule has 0 aliphatic heterocycles. The van der Waals surface area contributed by atoms with Gasteiger partial charge in [-0.05, 0) is 41.8 Å². The topological polar surface area (TPSA) is 80.2 Å². The number of benzene rings is 2. The maximum atomic E-state index is 12.6. The van der Waals surface area contributed by atoms with Gasteiger partial charge in [-0.3, -0.25) is 14.4 Å². The third-order valence-corrected chi connectivity index (χ3v) is 5.08. The fraction of sp³-hybridized carbons (Fsp3) is 0.208. The number of nitrogens with one attached hydrogen (secondary N) is 2. The zero-order valence-corrected chi connectivity index (χ0v) is 18.0. The quantitative estimate of drug-likeness (QED) is 0.553. The zero-order chi connectivity index (χ0) is 22.2. The molecular weight excluding hydrogens is 414 g/mol. The molecule has 0 bridgehead atoms. The molecule has 2 N–H and O–H groups in total. The second-order valence-electron chi connectivity index (χ2n) is 7.15. The average molecular weight is 438 g/mol. The molecule has 2 amide bonds. The average Bonchev–Trinajstić information content (AvgIpc) is 2.76. The third kappa shape index (κ3) is 6.30. The van der Waals surface area contributed by atoms with Crippen LogP contribution >= 0.6 is 11.6 Å². The van der Waals surface area contributed by atoms with Crippen molar-refractivity contribution < 1.29 is 9.59 Å². The van der Waals surface area contributed by atoms with E-state index in [1.54, 1.807) is 18.2 Å². The fourth-order valence-corrected chi connectivity index (χ4v) is 3.24. The van der Waals surface area contributed by atoms with E-state index in [0.29, 0.717) is 23.6 Å². The van der Waals surface area contributed by atoms with Crippen molar-refractivity contribution in [3.63, 3.8) is 0 Å². The fourth-order valence-electron chi connectivity index (χ4n) is 3.04. The molecule has 31 heavy (non-hydrogen) atoms. The van der Waals surface area contributed by atoms with Gasteiger partial charge in [-0.25, -0.2) is 0 Å². The van der Waals surface area contributed by atoms with Gasteiger partial charge in [-0.2, -0.15) is 0 Å². The van der Waals surface area contributed by atoms with Crippen molar-refractivity contribution >= 4 is 29.1 Å². The Hall–Kier alpha value is -3.38. The Labute approximate surface area is 185 Å². The van der Waals surface area contributed by atoms with E-state index >= 15 is 0 Å². The number of nitrogens with zero attached hydrogens (tertiary/aromatic N) is 1. The monoisotopic (exact) mass is 437 g/mol. The van der Waals surface area contributed by atoms with Crippen molar-refractivity contribution in [2.24, 2.45) is 0 Å². The van der Waals surface area contributed by atoms with E-state index in [9.17, 15) is 14.4 Å². The Balaban J connectivity index is 1.62. The van der Waals surface area contributed by atoms with Gasteiger partial charge in [-0.15, -0.1) is 0 Å². The first kappa shape index (κ1) is 22.3. The molecule has 0 radical (unpaired) electrons. The van der Waals surface area contributed by atoms with E-state index in [1.807, 2.05) is 37.3 Å². The smallest absolute Gasteiger partial charge is 0.253 e. The van der Waals surface area contributed by atoms with E-state index in [0.717, 1.165) is 23.2 Å². The molecule has 2 aromatic carbocycles. The second-order valence-corrected chi connectivity index (χ2v) is 7.56. The highest BCUT2D eigenvalue weighted by Crippen LogP contribution is 2.16. The summed E-state index contributed by atoms with van der Waals surface area (Å²) in [6.45, 7) is 2.56. The van der Waals surface area contributed by atoms with Crippen LogP contribution in [0.3, 0.4) is 0 Å². The number of hydrogen-bond donors (Lipinski definition) is 2. The van der Waals surface area contributed by atoms with Gasteiger partial charge in [0.25, 0.3) is 11.5 Å². The Morgan fingerprint density at radius 2 is 1.74 bits per heavy atom. The minimum absolute atomic E-state index is 0.0181. The maximum Gasteiger partial charge on any atom is 0.253 e. The van der Waals surface area contributed by atoms with Crippen LogP contribution < -0.4 is 16.2 Å². The number of carbonyl (C=O) groups excluding carboxylic acids is 2. The van der Waals surface area contributed by atoms with Crippen LogP contribution in [0.15, 0.2) is 71.7 Å². The molecule has 0 atom stereocenters. The number of halogens is 1. The third-order valence-electron chi connectivity index (χ3n) is 4.71. The highest BCUT2D eigenvalue weighted by Gasteiger charge is 2.09. The standard InChI is InChI=1S/C24H24ClN3O3/c1-2-5-22(29)27-20-11-8-17(9-12-20)14-26-24(31)19-10-13-23(30)28(16-19)15-18-6-3-4-7-21(18)25/h3-4,6-13,16H,2,5,14-15H2,1H3,(H,26,31)(H,27,29). The van der Waals surface area contributed by atoms with E-state index in [1.165, 1.54) is 22.9 Å². The van der Waals surface area contributed by atoms with Crippen molar-refractivity contribution in [1.82, 2.24) is 9.88 Å². The van der Waals surface area contributed by atoms with Gasteiger partial charge in [0.2, 0.25) is 5.91 Å². The number of hydrogen-bond acceptors (Lipinski definition) is 3. The van der Waals surface area contributed by atoms with Gasteiger partial charge in [0.1, 0.15) is 0 Å². The van der Waals surface area contributed by atoms with Gasteiger partial charge in [-0.1, -0.05) is 48.9 Å². The number of pyridine rings is 1. The van der Waals surface area contributed by atoms with Gasteiger partial charge >= 0.3 is 0 Å². The maximum absolute atomic E-state index is 12.6. The summed E-state index contributed by atoms with van der Waals surface area (Å²) in [4.78, 5) is 36.4.